The van der Waals surface area contributed by atoms with Gasteiger partial charge in [0.05, 0.1) is 0 Å². The van der Waals surface area contributed by atoms with Crippen molar-refractivity contribution >= 4 is 14.9 Å². The Balaban J connectivity index is 4.18. The van der Waals surface area contributed by atoms with Gasteiger partial charge in [0.15, 0.2) is 0 Å². The molecule has 17 heavy (non-hydrogen) atoms. The highest BCUT2D eigenvalue weighted by molar-refractivity contribution is 6.60. The van der Waals surface area contributed by atoms with Crippen LogP contribution < -0.4 is 10.4 Å². The Hall–Kier alpha value is -0.633. The average Bonchev–Trinajstić information content (AvgIpc) is 2.25. The highest BCUT2D eigenvalue weighted by Gasteiger charge is 2.39. The van der Waals surface area contributed by atoms with E-state index in [1.54, 1.807) is 0 Å². The molecule has 1 N–H and O–H groups in total. The van der Waals surface area contributed by atoms with Gasteiger partial charge in [-0.2, -0.15) is 0 Å². The van der Waals surface area contributed by atoms with E-state index in [0.717, 1.165) is 0 Å². The first-order valence-corrected chi connectivity index (χ1v) is 7.90. The van der Waals surface area contributed by atoms with Crippen LogP contribution >= 0.6 is 0 Å². The molecule has 0 fully saturated rings. The topological polar surface area (TPSA) is 79.9 Å². The van der Waals surface area contributed by atoms with Gasteiger partial charge < -0.3 is 28.5 Å². The predicted molar refractivity (Wildman–Crippen MR) is 63.5 cm³/mol. The van der Waals surface area contributed by atoms with Crippen LogP contribution in [0.2, 0.25) is 6.04 Å². The minimum atomic E-state index is -2.62. The van der Waals surface area contributed by atoms with Gasteiger partial charge in [0.1, 0.15) is 6.09 Å². The molecule has 0 aromatic heterocycles. The number of hydrogen-bond donors (Lipinski definition) is 1. The number of nitrogens with one attached hydrogen (secondary N) is 1. The van der Waals surface area contributed by atoms with Crippen molar-refractivity contribution in [1.82, 2.24) is 5.32 Å². The molecular formula is C10H22NO5Si-. The van der Waals surface area contributed by atoms with Gasteiger partial charge in [-0.1, -0.05) is 0 Å². The molecule has 0 atom stereocenters. The Morgan fingerprint density at radius 1 is 1.12 bits per heavy atom. The molecule has 0 aromatic rings. The van der Waals surface area contributed by atoms with E-state index in [1.807, 2.05) is 20.8 Å². The van der Waals surface area contributed by atoms with Gasteiger partial charge in [-0.05, 0) is 27.2 Å². The monoisotopic (exact) mass is 264 g/mol. The number of amides is 1. The van der Waals surface area contributed by atoms with Crippen LogP contribution in [0, 0.1) is 0 Å². The lowest BCUT2D eigenvalue weighted by atomic mass is 10.5. The van der Waals surface area contributed by atoms with Crippen molar-refractivity contribution in [2.45, 2.75) is 33.2 Å². The number of hydrogen-bond acceptors (Lipinski definition) is 5. The van der Waals surface area contributed by atoms with Crippen molar-refractivity contribution in [2.24, 2.45) is 0 Å². The average molecular weight is 264 g/mol. The molecule has 0 aromatic carbocycles. The summed E-state index contributed by atoms with van der Waals surface area (Å²) < 4.78 is 16.9. The van der Waals surface area contributed by atoms with Crippen LogP contribution in [-0.2, 0) is 13.3 Å². The van der Waals surface area contributed by atoms with E-state index >= 15 is 0 Å². The van der Waals surface area contributed by atoms with Crippen LogP contribution in [-0.4, -0.2) is 41.3 Å². The molecule has 102 valence electrons. The zero-order valence-electron chi connectivity index (χ0n) is 10.8. The Morgan fingerprint density at radius 3 is 1.94 bits per heavy atom. The zero-order valence-corrected chi connectivity index (χ0v) is 11.8. The highest BCUT2D eigenvalue weighted by Crippen LogP contribution is 2.17. The van der Waals surface area contributed by atoms with Crippen LogP contribution in [0.3, 0.4) is 0 Å². The second-order valence-electron chi connectivity index (χ2n) is 3.30. The molecule has 7 heteroatoms. The van der Waals surface area contributed by atoms with Crippen LogP contribution in [0.25, 0.3) is 0 Å². The summed E-state index contributed by atoms with van der Waals surface area (Å²) in [6.07, 6.45) is -0.651. The number of carbonyl (C=O) groups is 1. The summed E-state index contributed by atoms with van der Waals surface area (Å²) in [6, 6.07) is 0.600. The van der Waals surface area contributed by atoms with E-state index < -0.39 is 14.9 Å². The second-order valence-corrected chi connectivity index (χ2v) is 6.03. The number of carboxylic acid groups (broad SMARTS) is 1. The standard InChI is InChI=1S/C10H23NO5Si/c1-4-14-17(15-5-2,16-6-3)9-7-8-11-10(12)13/h11H,4-9H2,1-3H3,(H,12,13)/p-1. The predicted octanol–water partition coefficient (Wildman–Crippen LogP) is 0.358. The van der Waals surface area contributed by atoms with Crippen LogP contribution in [0.1, 0.15) is 27.2 Å². The molecule has 0 heterocycles. The Bertz CT molecular complexity index is 198. The molecular weight excluding hydrogens is 242 g/mol. The molecule has 0 aliphatic rings. The van der Waals surface area contributed by atoms with Gasteiger partial charge in [-0.25, -0.2) is 0 Å². The van der Waals surface area contributed by atoms with E-state index in [4.69, 9.17) is 13.3 Å². The van der Waals surface area contributed by atoms with E-state index in [1.165, 1.54) is 0 Å². The third kappa shape index (κ3) is 7.32. The SMILES string of the molecule is CCO[Si](CCCNC(=O)[O-])(OCC)OCC. The molecule has 0 saturated heterocycles. The van der Waals surface area contributed by atoms with Crippen LogP contribution in [0.4, 0.5) is 4.79 Å². The highest BCUT2D eigenvalue weighted by atomic mass is 28.4. The first-order chi connectivity index (χ1) is 8.10. The fraction of sp³-hybridized carbons (Fsp3) is 0.900. The summed E-state index contributed by atoms with van der Waals surface area (Å²) in [5, 5.41) is 12.4. The third-order valence-corrected chi connectivity index (χ3v) is 5.17. The minimum Gasteiger partial charge on any atom is -0.530 e. The maximum absolute atomic E-state index is 10.2. The smallest absolute Gasteiger partial charge is 0.500 e. The molecule has 1 amide bonds. The van der Waals surface area contributed by atoms with Crippen molar-refractivity contribution in [3.63, 3.8) is 0 Å². The van der Waals surface area contributed by atoms with Gasteiger partial charge in [0, 0.05) is 32.4 Å². The molecule has 0 unspecified atom stereocenters. The van der Waals surface area contributed by atoms with Gasteiger partial charge >= 0.3 is 8.80 Å². The molecule has 0 rings (SSSR count). The first-order valence-electron chi connectivity index (χ1n) is 5.97. The van der Waals surface area contributed by atoms with Crippen molar-refractivity contribution in [3.05, 3.63) is 0 Å². The molecule has 0 saturated carbocycles. The van der Waals surface area contributed by atoms with Gasteiger partial charge in [-0.15, -0.1) is 0 Å². The zero-order chi connectivity index (χ0) is 13.1. The Labute approximate surface area is 104 Å². The van der Waals surface area contributed by atoms with Gasteiger partial charge in [0.2, 0.25) is 0 Å². The first kappa shape index (κ1) is 16.4. The number of carbonyl (C=O) groups excluding carboxylic acids is 1. The maximum Gasteiger partial charge on any atom is 0.500 e. The lowest BCUT2D eigenvalue weighted by Crippen LogP contribution is -2.46. The summed E-state index contributed by atoms with van der Waals surface area (Å²) in [5.74, 6) is 0. The normalized spacial score (nSPS) is 11.5. The largest absolute Gasteiger partial charge is 0.530 e. The second kappa shape index (κ2) is 9.40. The minimum absolute atomic E-state index is 0.324. The molecule has 0 bridgehead atoms. The lowest BCUT2D eigenvalue weighted by Gasteiger charge is -2.28. The van der Waals surface area contributed by atoms with Crippen molar-refractivity contribution in [1.29, 1.82) is 0 Å². The molecule has 6 nitrogen and oxygen atoms in total. The number of rotatable bonds is 10. The van der Waals surface area contributed by atoms with Crippen molar-refractivity contribution in [2.75, 3.05) is 26.4 Å². The Kier molecular flexibility index (Phi) is 9.05. The van der Waals surface area contributed by atoms with Gasteiger partial charge in [0.25, 0.3) is 0 Å². The summed E-state index contributed by atoms with van der Waals surface area (Å²) in [7, 11) is -2.62. The van der Waals surface area contributed by atoms with Crippen LogP contribution in [0.5, 0.6) is 0 Å². The summed E-state index contributed by atoms with van der Waals surface area (Å²) in [6.45, 7) is 7.57. The van der Waals surface area contributed by atoms with E-state index in [2.05, 4.69) is 5.32 Å². The molecule has 0 aliphatic carbocycles. The fourth-order valence-electron chi connectivity index (χ4n) is 1.50. The van der Waals surface area contributed by atoms with E-state index in [-0.39, 0.29) is 0 Å². The van der Waals surface area contributed by atoms with E-state index in [9.17, 15) is 9.90 Å². The maximum atomic E-state index is 10.2. The third-order valence-electron chi connectivity index (χ3n) is 2.02. The summed E-state index contributed by atoms with van der Waals surface area (Å²) in [5.41, 5.74) is 0. The van der Waals surface area contributed by atoms with Crippen LogP contribution in [0.15, 0.2) is 0 Å². The van der Waals surface area contributed by atoms with Gasteiger partial charge in [-0.3, -0.25) is 0 Å². The van der Waals surface area contributed by atoms with Crippen molar-refractivity contribution in [3.8, 4) is 0 Å². The molecule has 0 aliphatic heterocycles. The Morgan fingerprint density at radius 2 is 1.59 bits per heavy atom. The van der Waals surface area contributed by atoms with Crippen molar-refractivity contribution < 1.29 is 23.2 Å². The summed E-state index contributed by atoms with van der Waals surface area (Å²) in [4.78, 5) is 10.2. The lowest BCUT2D eigenvalue weighted by molar-refractivity contribution is -0.250. The summed E-state index contributed by atoms with van der Waals surface area (Å²) >= 11 is 0. The fourth-order valence-corrected chi connectivity index (χ4v) is 4.11. The van der Waals surface area contributed by atoms with E-state index in [0.29, 0.717) is 38.8 Å². The molecule has 0 radical (unpaired) electrons. The quantitative estimate of drug-likeness (QED) is 0.455. The molecule has 0 spiro atoms.